The lowest BCUT2D eigenvalue weighted by Crippen LogP contribution is -2.14. The second kappa shape index (κ2) is 5.47. The zero-order chi connectivity index (χ0) is 13.0. The smallest absolute Gasteiger partial charge is 0.293 e. The van der Waals surface area contributed by atoms with Crippen LogP contribution >= 0.6 is 0 Å². The predicted octanol–water partition coefficient (Wildman–Crippen LogP) is 1.91. The van der Waals surface area contributed by atoms with E-state index in [4.69, 9.17) is 10.00 Å². The SMILES string of the molecule is N#Cc1ccc(NC[C@H]2CCOC2)c([N+](=O)[O-])c1. The highest BCUT2D eigenvalue weighted by molar-refractivity contribution is 5.64. The molecule has 1 heterocycles. The molecule has 0 radical (unpaired) electrons. The van der Waals surface area contributed by atoms with Crippen LogP contribution in [-0.4, -0.2) is 24.7 Å². The first-order valence-electron chi connectivity index (χ1n) is 5.71. The number of anilines is 1. The molecule has 0 unspecified atom stereocenters. The van der Waals surface area contributed by atoms with Crippen molar-refractivity contribution in [1.29, 1.82) is 5.26 Å². The van der Waals surface area contributed by atoms with Crippen molar-refractivity contribution in [3.63, 3.8) is 0 Å². The number of hydrogen-bond acceptors (Lipinski definition) is 5. The molecule has 2 rings (SSSR count). The summed E-state index contributed by atoms with van der Waals surface area (Å²) in [4.78, 5) is 10.4. The molecule has 1 N–H and O–H groups in total. The molecular formula is C12H13N3O3. The molecule has 1 saturated heterocycles. The first-order chi connectivity index (χ1) is 8.70. The Morgan fingerprint density at radius 3 is 3.06 bits per heavy atom. The minimum absolute atomic E-state index is 0.0621. The molecule has 1 aromatic rings. The van der Waals surface area contributed by atoms with Gasteiger partial charge in [0.1, 0.15) is 5.69 Å². The van der Waals surface area contributed by atoms with Crippen LogP contribution in [-0.2, 0) is 4.74 Å². The van der Waals surface area contributed by atoms with Crippen molar-refractivity contribution in [3.05, 3.63) is 33.9 Å². The number of rotatable bonds is 4. The van der Waals surface area contributed by atoms with E-state index in [0.717, 1.165) is 13.0 Å². The molecule has 0 spiro atoms. The fourth-order valence-corrected chi connectivity index (χ4v) is 1.90. The van der Waals surface area contributed by atoms with Gasteiger partial charge in [-0.25, -0.2) is 0 Å². The standard InChI is InChI=1S/C12H13N3O3/c13-6-9-1-2-11(12(5-9)15(16)17)14-7-10-3-4-18-8-10/h1-2,5,10,14H,3-4,7-8H2/t10-/m1/s1. The number of nitrogens with one attached hydrogen (secondary N) is 1. The van der Waals surface area contributed by atoms with Crippen LogP contribution in [0.1, 0.15) is 12.0 Å². The molecule has 1 atom stereocenters. The number of hydrogen-bond donors (Lipinski definition) is 1. The largest absolute Gasteiger partial charge is 0.381 e. The summed E-state index contributed by atoms with van der Waals surface area (Å²) in [6.07, 6.45) is 0.969. The highest BCUT2D eigenvalue weighted by atomic mass is 16.6. The van der Waals surface area contributed by atoms with Gasteiger partial charge in [-0.1, -0.05) is 0 Å². The third-order valence-corrected chi connectivity index (χ3v) is 2.93. The van der Waals surface area contributed by atoms with Gasteiger partial charge in [0.25, 0.3) is 5.69 Å². The maximum atomic E-state index is 10.9. The normalized spacial score (nSPS) is 18.3. The van der Waals surface area contributed by atoms with Gasteiger partial charge in [-0.2, -0.15) is 5.26 Å². The maximum Gasteiger partial charge on any atom is 0.293 e. The highest BCUT2D eigenvalue weighted by Crippen LogP contribution is 2.26. The zero-order valence-corrected chi connectivity index (χ0v) is 9.76. The van der Waals surface area contributed by atoms with Gasteiger partial charge < -0.3 is 10.1 Å². The van der Waals surface area contributed by atoms with Crippen molar-refractivity contribution in [2.24, 2.45) is 5.92 Å². The quantitative estimate of drug-likeness (QED) is 0.648. The summed E-state index contributed by atoms with van der Waals surface area (Å²) >= 11 is 0. The molecule has 1 aliphatic heterocycles. The van der Waals surface area contributed by atoms with Crippen LogP contribution < -0.4 is 5.32 Å². The van der Waals surface area contributed by atoms with Gasteiger partial charge in [-0.3, -0.25) is 10.1 Å². The van der Waals surface area contributed by atoms with Crippen LogP contribution in [0.2, 0.25) is 0 Å². The van der Waals surface area contributed by atoms with Gasteiger partial charge in [0.15, 0.2) is 0 Å². The molecule has 1 aliphatic rings. The Kier molecular flexibility index (Phi) is 3.75. The van der Waals surface area contributed by atoms with Crippen molar-refractivity contribution in [3.8, 4) is 6.07 Å². The van der Waals surface area contributed by atoms with E-state index in [1.807, 2.05) is 6.07 Å². The number of nitro benzene ring substituents is 1. The fourth-order valence-electron chi connectivity index (χ4n) is 1.90. The lowest BCUT2D eigenvalue weighted by molar-refractivity contribution is -0.384. The van der Waals surface area contributed by atoms with Gasteiger partial charge in [-0.05, 0) is 18.6 Å². The summed E-state index contributed by atoms with van der Waals surface area (Å²) in [6.45, 7) is 2.09. The number of ether oxygens (including phenoxy) is 1. The molecule has 6 heteroatoms. The molecule has 6 nitrogen and oxygen atoms in total. The molecule has 0 amide bonds. The lowest BCUT2D eigenvalue weighted by atomic mass is 10.1. The molecular weight excluding hydrogens is 234 g/mol. The summed E-state index contributed by atoms with van der Waals surface area (Å²) in [6, 6.07) is 6.33. The van der Waals surface area contributed by atoms with Gasteiger partial charge in [0.05, 0.1) is 23.2 Å². The predicted molar refractivity (Wildman–Crippen MR) is 65.2 cm³/mol. The summed E-state index contributed by atoms with van der Waals surface area (Å²) < 4.78 is 5.24. The Morgan fingerprint density at radius 2 is 2.44 bits per heavy atom. The van der Waals surface area contributed by atoms with Crippen molar-refractivity contribution in [2.75, 3.05) is 25.1 Å². The fraction of sp³-hybridized carbons (Fsp3) is 0.417. The number of benzene rings is 1. The number of nitrogens with zero attached hydrogens (tertiary/aromatic N) is 2. The molecule has 94 valence electrons. The molecule has 0 bridgehead atoms. The molecule has 1 fully saturated rings. The first-order valence-corrected chi connectivity index (χ1v) is 5.71. The maximum absolute atomic E-state index is 10.9. The summed E-state index contributed by atoms with van der Waals surface area (Å²) in [5.74, 6) is 0.389. The van der Waals surface area contributed by atoms with E-state index < -0.39 is 4.92 Å². The van der Waals surface area contributed by atoms with Crippen LogP contribution in [0.25, 0.3) is 0 Å². The Balaban J connectivity index is 2.11. The van der Waals surface area contributed by atoms with Gasteiger partial charge in [-0.15, -0.1) is 0 Å². The Labute approximate surface area is 104 Å². The monoisotopic (exact) mass is 247 g/mol. The van der Waals surface area contributed by atoms with E-state index in [1.54, 1.807) is 12.1 Å². The third-order valence-electron chi connectivity index (χ3n) is 2.93. The zero-order valence-electron chi connectivity index (χ0n) is 9.76. The average molecular weight is 247 g/mol. The van der Waals surface area contributed by atoms with E-state index in [1.165, 1.54) is 6.07 Å². The van der Waals surface area contributed by atoms with E-state index >= 15 is 0 Å². The summed E-state index contributed by atoms with van der Waals surface area (Å²) in [5.41, 5.74) is 0.676. The Hall–Kier alpha value is -2.13. The van der Waals surface area contributed by atoms with E-state index in [0.29, 0.717) is 24.8 Å². The number of nitro groups is 1. The summed E-state index contributed by atoms with van der Waals surface area (Å²) in [5, 5.41) is 22.7. The third kappa shape index (κ3) is 2.76. The van der Waals surface area contributed by atoms with E-state index in [9.17, 15) is 10.1 Å². The molecule has 18 heavy (non-hydrogen) atoms. The molecule has 1 aromatic carbocycles. The van der Waals surface area contributed by atoms with Crippen molar-refractivity contribution < 1.29 is 9.66 Å². The minimum atomic E-state index is -0.478. The topological polar surface area (TPSA) is 88.2 Å². The van der Waals surface area contributed by atoms with Gasteiger partial charge in [0, 0.05) is 25.1 Å². The molecule has 0 aliphatic carbocycles. The Morgan fingerprint density at radius 1 is 1.61 bits per heavy atom. The first kappa shape index (κ1) is 12.3. The number of nitriles is 1. The van der Waals surface area contributed by atoms with Crippen molar-refractivity contribution in [1.82, 2.24) is 0 Å². The van der Waals surface area contributed by atoms with E-state index in [2.05, 4.69) is 5.32 Å². The van der Waals surface area contributed by atoms with Crippen molar-refractivity contribution >= 4 is 11.4 Å². The second-order valence-electron chi connectivity index (χ2n) is 4.21. The molecule has 0 aromatic heterocycles. The summed E-state index contributed by atoms with van der Waals surface area (Å²) in [7, 11) is 0. The van der Waals surface area contributed by atoms with Crippen LogP contribution in [0.5, 0.6) is 0 Å². The van der Waals surface area contributed by atoms with Gasteiger partial charge in [0.2, 0.25) is 0 Å². The van der Waals surface area contributed by atoms with Gasteiger partial charge >= 0.3 is 0 Å². The van der Waals surface area contributed by atoms with Crippen LogP contribution in [0.15, 0.2) is 18.2 Å². The van der Waals surface area contributed by atoms with Crippen LogP contribution in [0, 0.1) is 27.4 Å². The minimum Gasteiger partial charge on any atom is -0.381 e. The van der Waals surface area contributed by atoms with Crippen LogP contribution in [0.4, 0.5) is 11.4 Å². The van der Waals surface area contributed by atoms with E-state index in [-0.39, 0.29) is 11.3 Å². The van der Waals surface area contributed by atoms with Crippen LogP contribution in [0.3, 0.4) is 0 Å². The Bertz CT molecular complexity index is 490. The second-order valence-corrected chi connectivity index (χ2v) is 4.21. The molecule has 0 saturated carbocycles. The highest BCUT2D eigenvalue weighted by Gasteiger charge is 2.18. The average Bonchev–Trinajstić information content (AvgIpc) is 2.89. The lowest BCUT2D eigenvalue weighted by Gasteiger charge is -2.10. The van der Waals surface area contributed by atoms with Crippen molar-refractivity contribution in [2.45, 2.75) is 6.42 Å².